The van der Waals surface area contributed by atoms with Gasteiger partial charge in [0.2, 0.25) is 5.78 Å². The fourth-order valence-electron chi connectivity index (χ4n) is 3.25. The smallest absolute Gasteiger partial charge is 0.337 e. The number of hydrogen-bond donors (Lipinski definition) is 0. The molecule has 1 heterocycles. The number of allylic oxidation sites excluding steroid dienone is 1. The molecule has 0 atom stereocenters. The number of carbonyl (C=O) groups is 3. The number of hydrogen-bond acceptors (Lipinski definition) is 7. The summed E-state index contributed by atoms with van der Waals surface area (Å²) in [6, 6.07) is 18.2. The van der Waals surface area contributed by atoms with Crippen molar-refractivity contribution < 1.29 is 33.3 Å². The summed E-state index contributed by atoms with van der Waals surface area (Å²) in [5, 5.41) is 0. The predicted molar refractivity (Wildman–Crippen MR) is 120 cm³/mol. The molecule has 0 fully saturated rings. The normalized spacial score (nSPS) is 13.3. The lowest BCUT2D eigenvalue weighted by Gasteiger charge is -2.07. The van der Waals surface area contributed by atoms with Crippen molar-refractivity contribution in [3.05, 3.63) is 94.7 Å². The van der Waals surface area contributed by atoms with E-state index >= 15 is 0 Å². The summed E-state index contributed by atoms with van der Waals surface area (Å²) in [5.74, 6) is 0.694. The Balaban J connectivity index is 1.43. The van der Waals surface area contributed by atoms with Crippen molar-refractivity contribution in [1.29, 1.82) is 0 Å². The third-order valence-corrected chi connectivity index (χ3v) is 5.05. The highest BCUT2D eigenvalue weighted by Crippen LogP contribution is 2.35. The van der Waals surface area contributed by atoms with Crippen LogP contribution in [0, 0.1) is 0 Å². The molecule has 166 valence electrons. The molecule has 0 saturated carbocycles. The molecule has 0 saturated heterocycles. The summed E-state index contributed by atoms with van der Waals surface area (Å²) < 4.78 is 21.1. The summed E-state index contributed by atoms with van der Waals surface area (Å²) in [6.45, 7) is -0.158. The van der Waals surface area contributed by atoms with E-state index in [-0.39, 0.29) is 23.9 Å². The molecule has 7 nitrogen and oxygen atoms in total. The Morgan fingerprint density at radius 2 is 1.55 bits per heavy atom. The molecule has 0 spiro atoms. The van der Waals surface area contributed by atoms with E-state index in [0.29, 0.717) is 39.5 Å². The van der Waals surface area contributed by atoms with E-state index in [9.17, 15) is 14.4 Å². The van der Waals surface area contributed by atoms with Crippen LogP contribution in [0.2, 0.25) is 0 Å². The van der Waals surface area contributed by atoms with Gasteiger partial charge in [-0.1, -0.05) is 12.1 Å². The van der Waals surface area contributed by atoms with Crippen LogP contribution in [-0.2, 0) is 4.74 Å². The van der Waals surface area contributed by atoms with Crippen LogP contribution in [0.3, 0.4) is 0 Å². The number of ketones is 2. The Morgan fingerprint density at radius 3 is 2.21 bits per heavy atom. The molecule has 1 aliphatic heterocycles. The van der Waals surface area contributed by atoms with Gasteiger partial charge in [-0.2, -0.15) is 0 Å². The van der Waals surface area contributed by atoms with Gasteiger partial charge in [-0.05, 0) is 60.2 Å². The number of benzene rings is 3. The van der Waals surface area contributed by atoms with Gasteiger partial charge in [-0.25, -0.2) is 4.79 Å². The zero-order chi connectivity index (χ0) is 23.4. The van der Waals surface area contributed by atoms with Gasteiger partial charge in [0.1, 0.15) is 17.2 Å². The molecule has 0 N–H and O–H groups in total. The highest BCUT2D eigenvalue weighted by Gasteiger charge is 2.27. The van der Waals surface area contributed by atoms with Crippen LogP contribution >= 0.6 is 0 Å². The second kappa shape index (κ2) is 9.40. The topological polar surface area (TPSA) is 88.1 Å². The number of fused-ring (bicyclic) bond motifs is 1. The second-order valence-electron chi connectivity index (χ2n) is 7.15. The average molecular weight is 444 g/mol. The SMILES string of the molecule is COC(=O)c1ccc(/C=C2\Oc3cc(OCC(=O)c4ccc(OC)cc4)ccc3C2=O)cc1. The molecule has 0 bridgehead atoms. The van der Waals surface area contributed by atoms with Gasteiger partial charge in [0.15, 0.2) is 18.1 Å². The first-order valence-corrected chi connectivity index (χ1v) is 10.0. The van der Waals surface area contributed by atoms with Gasteiger partial charge in [-0.3, -0.25) is 9.59 Å². The summed E-state index contributed by atoms with van der Waals surface area (Å²) in [5.41, 5.74) is 2.01. The lowest BCUT2D eigenvalue weighted by molar-refractivity contribution is 0.0600. The quantitative estimate of drug-likeness (QED) is 0.304. The lowest BCUT2D eigenvalue weighted by atomic mass is 10.1. The van der Waals surface area contributed by atoms with Crippen LogP contribution in [0.25, 0.3) is 6.08 Å². The first-order valence-electron chi connectivity index (χ1n) is 10.0. The van der Waals surface area contributed by atoms with Crippen molar-refractivity contribution in [2.24, 2.45) is 0 Å². The lowest BCUT2D eigenvalue weighted by Crippen LogP contribution is -2.11. The van der Waals surface area contributed by atoms with Crippen molar-refractivity contribution in [3.8, 4) is 17.2 Å². The highest BCUT2D eigenvalue weighted by atomic mass is 16.5. The molecule has 33 heavy (non-hydrogen) atoms. The van der Waals surface area contributed by atoms with Crippen LogP contribution < -0.4 is 14.2 Å². The number of esters is 1. The molecule has 1 aliphatic rings. The van der Waals surface area contributed by atoms with E-state index in [2.05, 4.69) is 4.74 Å². The minimum atomic E-state index is -0.437. The Labute approximate surface area is 190 Å². The Kier molecular flexibility index (Phi) is 6.22. The molecule has 7 heteroatoms. The maximum atomic E-state index is 12.7. The Hall–Kier alpha value is -4.39. The number of ether oxygens (including phenoxy) is 4. The van der Waals surface area contributed by atoms with Crippen LogP contribution in [0.5, 0.6) is 17.2 Å². The van der Waals surface area contributed by atoms with Crippen molar-refractivity contribution in [2.75, 3.05) is 20.8 Å². The fraction of sp³-hybridized carbons (Fsp3) is 0.115. The van der Waals surface area contributed by atoms with Gasteiger partial charge < -0.3 is 18.9 Å². The van der Waals surface area contributed by atoms with Gasteiger partial charge in [0.25, 0.3) is 0 Å². The van der Waals surface area contributed by atoms with Gasteiger partial charge in [0, 0.05) is 11.6 Å². The van der Waals surface area contributed by atoms with Gasteiger partial charge in [-0.15, -0.1) is 0 Å². The van der Waals surface area contributed by atoms with E-state index in [1.165, 1.54) is 7.11 Å². The van der Waals surface area contributed by atoms with Crippen LogP contribution in [0.1, 0.15) is 36.6 Å². The second-order valence-corrected chi connectivity index (χ2v) is 7.15. The van der Waals surface area contributed by atoms with E-state index in [1.807, 2.05) is 0 Å². The number of Topliss-reactive ketones (excluding diaryl/α,β-unsaturated/α-hetero) is 2. The molecule has 0 radical (unpaired) electrons. The van der Waals surface area contributed by atoms with Crippen molar-refractivity contribution in [1.82, 2.24) is 0 Å². The molecule has 0 aliphatic carbocycles. The fourth-order valence-corrected chi connectivity index (χ4v) is 3.25. The molecular formula is C26H20O7. The minimum absolute atomic E-state index is 0.155. The molecule has 0 aromatic heterocycles. The minimum Gasteiger partial charge on any atom is -0.497 e. The zero-order valence-corrected chi connectivity index (χ0v) is 18.0. The standard InChI is InChI=1S/C26H20O7/c1-30-19-9-7-17(8-10-19)22(27)15-32-20-11-12-21-23(14-20)33-24(25(21)28)13-16-3-5-18(6-4-16)26(29)31-2/h3-14H,15H2,1-2H3/b24-13-. The predicted octanol–water partition coefficient (Wildman–Crippen LogP) is 4.36. The van der Waals surface area contributed by atoms with Crippen LogP contribution in [0.4, 0.5) is 0 Å². The van der Waals surface area contributed by atoms with Gasteiger partial charge >= 0.3 is 5.97 Å². The summed E-state index contributed by atoms with van der Waals surface area (Å²) in [7, 11) is 2.87. The number of rotatable bonds is 7. The molecular weight excluding hydrogens is 424 g/mol. The number of carbonyl (C=O) groups excluding carboxylic acids is 3. The van der Waals surface area contributed by atoms with E-state index in [0.717, 1.165) is 0 Å². The molecule has 0 unspecified atom stereocenters. The maximum absolute atomic E-state index is 12.7. The summed E-state index contributed by atoms with van der Waals surface area (Å²) in [4.78, 5) is 36.6. The number of methoxy groups -OCH3 is 2. The van der Waals surface area contributed by atoms with Gasteiger partial charge in [0.05, 0.1) is 25.3 Å². The van der Waals surface area contributed by atoms with E-state index < -0.39 is 5.97 Å². The largest absolute Gasteiger partial charge is 0.497 e. The maximum Gasteiger partial charge on any atom is 0.337 e. The third-order valence-electron chi connectivity index (χ3n) is 5.05. The van der Waals surface area contributed by atoms with Crippen molar-refractivity contribution in [2.45, 2.75) is 0 Å². The summed E-state index contributed by atoms with van der Waals surface area (Å²) >= 11 is 0. The first kappa shape index (κ1) is 21.8. The average Bonchev–Trinajstić information content (AvgIpc) is 3.16. The molecule has 3 aromatic carbocycles. The Morgan fingerprint density at radius 1 is 0.879 bits per heavy atom. The molecule has 0 amide bonds. The highest BCUT2D eigenvalue weighted by molar-refractivity contribution is 6.14. The first-order chi connectivity index (χ1) is 16.0. The summed E-state index contributed by atoms with van der Waals surface area (Å²) in [6.07, 6.45) is 1.59. The van der Waals surface area contributed by atoms with Crippen LogP contribution in [-0.4, -0.2) is 38.4 Å². The Bertz CT molecular complexity index is 1240. The van der Waals surface area contributed by atoms with Crippen LogP contribution in [0.15, 0.2) is 72.5 Å². The van der Waals surface area contributed by atoms with E-state index in [1.54, 1.807) is 79.9 Å². The van der Waals surface area contributed by atoms with Crippen molar-refractivity contribution in [3.63, 3.8) is 0 Å². The van der Waals surface area contributed by atoms with Crippen molar-refractivity contribution >= 4 is 23.6 Å². The molecule has 3 aromatic rings. The monoisotopic (exact) mass is 444 g/mol. The third kappa shape index (κ3) is 4.77. The van der Waals surface area contributed by atoms with E-state index in [4.69, 9.17) is 14.2 Å². The molecule has 4 rings (SSSR count). The zero-order valence-electron chi connectivity index (χ0n) is 18.0.